The summed E-state index contributed by atoms with van der Waals surface area (Å²) in [6, 6.07) is 6.75. The molecule has 0 spiro atoms. The molecule has 0 bridgehead atoms. The Bertz CT molecular complexity index is 879. The second kappa shape index (κ2) is 6.26. The van der Waals surface area contributed by atoms with Gasteiger partial charge in [0.05, 0.1) is 5.69 Å². The maximum Gasteiger partial charge on any atom is 0.299 e. The molecule has 2 aromatic heterocycles. The van der Waals surface area contributed by atoms with Crippen molar-refractivity contribution in [1.29, 1.82) is 0 Å². The summed E-state index contributed by atoms with van der Waals surface area (Å²) >= 11 is 6.06. The first-order valence-corrected chi connectivity index (χ1v) is 7.23. The zero-order valence-electron chi connectivity index (χ0n) is 12.2. The molecular weight excluding hydrogens is 321 g/mol. The molecule has 3 rings (SSSR count). The molecule has 0 aliphatic carbocycles. The van der Waals surface area contributed by atoms with E-state index in [9.17, 15) is 9.18 Å². The lowest BCUT2D eigenvalue weighted by Gasteiger charge is -2.14. The number of hydrogen-bond donors (Lipinski definition) is 1. The minimum Gasteiger partial charge on any atom is -0.409 e. The molecule has 3 aromatic rings. The first kappa shape index (κ1) is 15.3. The van der Waals surface area contributed by atoms with Gasteiger partial charge in [0.25, 0.3) is 6.47 Å². The zero-order chi connectivity index (χ0) is 16.4. The van der Waals surface area contributed by atoms with Gasteiger partial charge >= 0.3 is 0 Å². The SMILES string of the molecule is Cc1ccc(Cl)c(CNc2ccc3nccn3c2OC=O)c1F. The number of fused-ring (bicyclic) bond motifs is 1. The number of carbonyl (C=O) groups excluding carboxylic acids is 1. The summed E-state index contributed by atoms with van der Waals surface area (Å²) in [5, 5.41) is 3.38. The number of halogens is 2. The Balaban J connectivity index is 1.94. The predicted octanol–water partition coefficient (Wildman–Crippen LogP) is 3.58. The van der Waals surface area contributed by atoms with Crippen molar-refractivity contribution in [3.63, 3.8) is 0 Å². The van der Waals surface area contributed by atoms with Crippen molar-refractivity contribution in [2.75, 3.05) is 5.32 Å². The number of rotatable bonds is 5. The number of nitrogens with zero attached hydrogens (tertiary/aromatic N) is 2. The Hall–Kier alpha value is -2.60. The van der Waals surface area contributed by atoms with Crippen molar-refractivity contribution < 1.29 is 13.9 Å². The molecule has 5 nitrogen and oxygen atoms in total. The van der Waals surface area contributed by atoms with Crippen molar-refractivity contribution in [2.45, 2.75) is 13.5 Å². The average Bonchev–Trinajstić information content (AvgIpc) is 3.02. The molecular formula is C16H13ClFN3O2. The number of carbonyl (C=O) groups is 1. The lowest BCUT2D eigenvalue weighted by Crippen LogP contribution is -2.07. The van der Waals surface area contributed by atoms with Gasteiger partial charge in [-0.25, -0.2) is 9.37 Å². The van der Waals surface area contributed by atoms with Crippen LogP contribution in [0.1, 0.15) is 11.1 Å². The normalized spacial score (nSPS) is 10.7. The van der Waals surface area contributed by atoms with Crippen LogP contribution in [0.4, 0.5) is 10.1 Å². The highest BCUT2D eigenvalue weighted by molar-refractivity contribution is 6.31. The molecule has 0 amide bonds. The van der Waals surface area contributed by atoms with E-state index in [1.807, 2.05) is 0 Å². The van der Waals surface area contributed by atoms with Crippen LogP contribution in [0.25, 0.3) is 5.65 Å². The fraction of sp³-hybridized carbons (Fsp3) is 0.125. The zero-order valence-corrected chi connectivity index (χ0v) is 13.0. The number of ether oxygens (including phenoxy) is 1. The number of aryl methyl sites for hydroxylation is 1. The molecule has 0 saturated heterocycles. The summed E-state index contributed by atoms with van der Waals surface area (Å²) < 4.78 is 20.8. The maximum absolute atomic E-state index is 14.2. The monoisotopic (exact) mass is 333 g/mol. The summed E-state index contributed by atoms with van der Waals surface area (Å²) in [5.74, 6) is -0.0780. The van der Waals surface area contributed by atoms with Gasteiger partial charge in [-0.05, 0) is 30.7 Å². The van der Waals surface area contributed by atoms with E-state index in [1.54, 1.807) is 48.0 Å². The predicted molar refractivity (Wildman–Crippen MR) is 85.4 cm³/mol. The molecule has 2 heterocycles. The standard InChI is InChI=1S/C16H13ClFN3O2/c1-10-2-3-12(17)11(15(10)18)8-20-13-4-5-14-19-6-7-21(14)16(13)23-9-22/h2-7,9,20H,8H2,1H3. The van der Waals surface area contributed by atoms with E-state index in [0.717, 1.165) is 0 Å². The van der Waals surface area contributed by atoms with Gasteiger partial charge in [-0.15, -0.1) is 0 Å². The van der Waals surface area contributed by atoms with Crippen LogP contribution in [0.15, 0.2) is 36.7 Å². The molecule has 0 aliphatic heterocycles. The Morgan fingerprint density at radius 1 is 1.39 bits per heavy atom. The van der Waals surface area contributed by atoms with E-state index >= 15 is 0 Å². The molecule has 23 heavy (non-hydrogen) atoms. The van der Waals surface area contributed by atoms with E-state index in [2.05, 4.69) is 10.3 Å². The topological polar surface area (TPSA) is 55.6 Å². The third-order valence-corrected chi connectivity index (χ3v) is 3.87. The number of nitrogens with one attached hydrogen (secondary N) is 1. The number of pyridine rings is 1. The van der Waals surface area contributed by atoms with Crippen molar-refractivity contribution in [3.8, 4) is 5.88 Å². The van der Waals surface area contributed by atoms with Crippen LogP contribution < -0.4 is 10.1 Å². The van der Waals surface area contributed by atoms with Gasteiger partial charge in [0, 0.05) is 29.5 Å². The molecule has 7 heteroatoms. The van der Waals surface area contributed by atoms with E-state index < -0.39 is 0 Å². The van der Waals surface area contributed by atoms with E-state index in [-0.39, 0.29) is 18.2 Å². The summed E-state index contributed by atoms with van der Waals surface area (Å²) in [6.07, 6.45) is 3.26. The highest BCUT2D eigenvalue weighted by atomic mass is 35.5. The Morgan fingerprint density at radius 3 is 3.00 bits per heavy atom. The number of hydrogen-bond acceptors (Lipinski definition) is 4. The molecule has 0 unspecified atom stereocenters. The Labute approximate surface area is 136 Å². The summed E-state index contributed by atoms with van der Waals surface area (Å²) in [7, 11) is 0. The summed E-state index contributed by atoms with van der Waals surface area (Å²) in [4.78, 5) is 14.9. The molecule has 118 valence electrons. The van der Waals surface area contributed by atoms with Crippen molar-refractivity contribution in [3.05, 3.63) is 58.6 Å². The van der Waals surface area contributed by atoms with Gasteiger partial charge in [0.2, 0.25) is 5.88 Å². The number of benzene rings is 1. The molecule has 0 radical (unpaired) electrons. The fourth-order valence-electron chi connectivity index (χ4n) is 2.33. The molecule has 0 atom stereocenters. The lowest BCUT2D eigenvalue weighted by atomic mass is 10.1. The van der Waals surface area contributed by atoms with Crippen molar-refractivity contribution in [2.24, 2.45) is 0 Å². The van der Waals surface area contributed by atoms with Crippen LogP contribution in [0.5, 0.6) is 5.88 Å². The minimum atomic E-state index is -0.355. The third-order valence-electron chi connectivity index (χ3n) is 3.51. The molecule has 1 aromatic carbocycles. The summed E-state index contributed by atoms with van der Waals surface area (Å²) in [5.41, 5.74) is 2.03. The van der Waals surface area contributed by atoms with Gasteiger partial charge in [-0.1, -0.05) is 17.7 Å². The maximum atomic E-state index is 14.2. The number of imidazole rings is 1. The smallest absolute Gasteiger partial charge is 0.299 e. The first-order valence-electron chi connectivity index (χ1n) is 6.85. The second-order valence-corrected chi connectivity index (χ2v) is 5.34. The molecule has 1 N–H and O–H groups in total. The van der Waals surface area contributed by atoms with E-state index in [1.165, 1.54) is 0 Å². The highest BCUT2D eigenvalue weighted by Crippen LogP contribution is 2.28. The quantitative estimate of drug-likeness (QED) is 0.725. The number of aromatic nitrogens is 2. The van der Waals surface area contributed by atoms with E-state index in [0.29, 0.717) is 34.0 Å². The largest absolute Gasteiger partial charge is 0.409 e. The van der Waals surface area contributed by atoms with Crippen molar-refractivity contribution >= 4 is 29.4 Å². The minimum absolute atomic E-state index is 0.155. The van der Waals surface area contributed by atoms with Crippen LogP contribution in [0.2, 0.25) is 5.02 Å². The van der Waals surface area contributed by atoms with E-state index in [4.69, 9.17) is 16.3 Å². The fourth-order valence-corrected chi connectivity index (χ4v) is 2.54. The van der Waals surface area contributed by atoms with Gasteiger partial charge in [0.15, 0.2) is 0 Å². The summed E-state index contributed by atoms with van der Waals surface area (Å²) in [6.45, 7) is 2.16. The average molecular weight is 334 g/mol. The van der Waals surface area contributed by atoms with Gasteiger partial charge in [-0.3, -0.25) is 9.20 Å². The van der Waals surface area contributed by atoms with Gasteiger partial charge in [0.1, 0.15) is 11.5 Å². The molecule has 0 saturated carbocycles. The Kier molecular flexibility index (Phi) is 4.16. The molecule has 0 aliphatic rings. The van der Waals surface area contributed by atoms with Crippen LogP contribution in [0.3, 0.4) is 0 Å². The first-order chi connectivity index (χ1) is 11.1. The highest BCUT2D eigenvalue weighted by Gasteiger charge is 2.13. The number of anilines is 1. The van der Waals surface area contributed by atoms with Crippen LogP contribution in [0, 0.1) is 12.7 Å². The van der Waals surface area contributed by atoms with Crippen LogP contribution in [-0.2, 0) is 11.3 Å². The van der Waals surface area contributed by atoms with Crippen LogP contribution in [-0.4, -0.2) is 15.9 Å². The lowest BCUT2D eigenvalue weighted by molar-refractivity contribution is -0.120. The van der Waals surface area contributed by atoms with Gasteiger partial charge in [-0.2, -0.15) is 0 Å². The van der Waals surface area contributed by atoms with Gasteiger partial charge < -0.3 is 10.1 Å². The van der Waals surface area contributed by atoms with Crippen molar-refractivity contribution in [1.82, 2.24) is 9.38 Å². The third kappa shape index (κ3) is 2.85. The molecule has 0 fully saturated rings. The Morgan fingerprint density at radius 2 is 2.22 bits per heavy atom. The second-order valence-electron chi connectivity index (χ2n) is 4.93. The van der Waals surface area contributed by atoms with Crippen LogP contribution >= 0.6 is 11.6 Å².